The third kappa shape index (κ3) is 8.54. The lowest BCUT2D eigenvalue weighted by Gasteiger charge is -2.16. The summed E-state index contributed by atoms with van der Waals surface area (Å²) in [4.78, 5) is 24.7. The molecule has 16 heteroatoms. The van der Waals surface area contributed by atoms with E-state index in [0.717, 1.165) is 32.0 Å². The number of rotatable bonds is 15. The molecule has 44 heavy (non-hydrogen) atoms. The number of carbonyl (C=O) groups excluding carboxylic acids is 1. The van der Waals surface area contributed by atoms with Crippen molar-refractivity contribution in [3.05, 3.63) is 85.9 Å². The van der Waals surface area contributed by atoms with Crippen LogP contribution in [-0.4, -0.2) is 54.1 Å². The zero-order valence-electron chi connectivity index (χ0n) is 23.7. The molecule has 13 nitrogen and oxygen atoms in total. The largest absolute Gasteiger partial charge is 0.480 e. The molecule has 0 saturated heterocycles. The van der Waals surface area contributed by atoms with Gasteiger partial charge in [0.15, 0.2) is 0 Å². The summed E-state index contributed by atoms with van der Waals surface area (Å²) in [7, 11) is -4.09. The summed E-state index contributed by atoms with van der Waals surface area (Å²) in [5.74, 6) is -1.92. The van der Waals surface area contributed by atoms with Crippen molar-refractivity contribution in [1.82, 2.24) is 20.4 Å². The number of nitrogens with zero attached hydrogens (tertiary/aromatic N) is 2. The third-order valence-electron chi connectivity index (χ3n) is 6.50. The Balaban J connectivity index is 1.43. The number of nitrogens with two attached hydrogens (primary N) is 2. The number of thiophene rings is 1. The Morgan fingerprint density at radius 2 is 1.86 bits per heavy atom. The summed E-state index contributed by atoms with van der Waals surface area (Å²) >= 11 is 3.24. The number of aryl methyl sites for hydroxylation is 1. The number of carbonyl (C=O) groups is 2. The molecule has 0 unspecified atom stereocenters. The molecule has 0 bridgehead atoms. The van der Waals surface area contributed by atoms with Gasteiger partial charge in [0, 0.05) is 17.8 Å². The molecule has 0 aliphatic rings. The van der Waals surface area contributed by atoms with E-state index in [2.05, 4.69) is 48.4 Å². The predicted octanol–water partition coefficient (Wildman–Crippen LogP) is 3.01. The van der Waals surface area contributed by atoms with Crippen molar-refractivity contribution in [3.63, 3.8) is 0 Å². The molecule has 0 aliphatic heterocycles. The molecular weight excluding hydrogens is 719 g/mol. The first kappa shape index (κ1) is 33.3. The molecule has 0 radical (unpaired) electrons. The van der Waals surface area contributed by atoms with Gasteiger partial charge in [0.25, 0.3) is 15.9 Å². The van der Waals surface area contributed by atoms with E-state index >= 15 is 0 Å². The molecule has 0 saturated carbocycles. The molecule has 2 aromatic carbocycles. The molecule has 0 fully saturated rings. The summed E-state index contributed by atoms with van der Waals surface area (Å²) < 4.78 is 31.9. The Morgan fingerprint density at radius 3 is 2.57 bits per heavy atom. The van der Waals surface area contributed by atoms with E-state index in [4.69, 9.17) is 11.5 Å². The fourth-order valence-electron chi connectivity index (χ4n) is 4.26. The van der Waals surface area contributed by atoms with Crippen LogP contribution in [0.1, 0.15) is 33.8 Å². The number of halogens is 1. The topological polar surface area (TPSA) is 206 Å². The Hall–Kier alpha value is -3.55. The van der Waals surface area contributed by atoms with Crippen LogP contribution in [0.4, 0.5) is 11.4 Å². The van der Waals surface area contributed by atoms with Gasteiger partial charge in [-0.25, -0.2) is 17.9 Å². The van der Waals surface area contributed by atoms with Crippen LogP contribution in [0.25, 0.3) is 5.69 Å². The maximum Gasteiger partial charge on any atom is 0.326 e. The van der Waals surface area contributed by atoms with Crippen molar-refractivity contribution < 1.29 is 23.1 Å². The lowest BCUT2D eigenvalue weighted by molar-refractivity contribution is -0.139. The van der Waals surface area contributed by atoms with Crippen molar-refractivity contribution in [3.8, 4) is 5.69 Å². The first-order valence-electron chi connectivity index (χ1n) is 13.5. The maximum atomic E-state index is 13.3. The first-order valence-corrected chi connectivity index (χ1v) is 16.9. The van der Waals surface area contributed by atoms with Crippen LogP contribution in [0.3, 0.4) is 0 Å². The number of aromatic nitrogens is 2. The van der Waals surface area contributed by atoms with E-state index < -0.39 is 34.2 Å². The number of para-hydroxylation sites is 1. The Kier molecular flexibility index (Phi) is 11.3. The van der Waals surface area contributed by atoms with Crippen LogP contribution >= 0.6 is 33.9 Å². The highest BCUT2D eigenvalue weighted by Gasteiger charge is 2.25. The number of sulfonamides is 1. The second-order valence-corrected chi connectivity index (χ2v) is 13.4. The minimum absolute atomic E-state index is 0.0134. The Labute approximate surface area is 272 Å². The standard InChI is InChI=1S/C28H33IN8O5S2/c1-17-21(25(29)37(35-17)19-8-3-2-4-9-19)16-33-18-7-5-10-20(15-18)44(41,42)36-22-12-14-43-24(22)26(38)34-23(27(39)40)11-6-13-32-28(30)31/h2-5,7-10,12,14-15,23,28,32-33,36H,6,11,13,16,30-31H2,1H3,(H,34,38)(H,39,40)/t23-/m0/s1. The lowest BCUT2D eigenvalue weighted by Crippen LogP contribution is -2.46. The Bertz CT molecular complexity index is 1710. The van der Waals surface area contributed by atoms with Gasteiger partial charge >= 0.3 is 5.97 Å². The van der Waals surface area contributed by atoms with Crippen LogP contribution in [0.15, 0.2) is 70.9 Å². The van der Waals surface area contributed by atoms with Gasteiger partial charge in [-0.3, -0.25) is 14.8 Å². The van der Waals surface area contributed by atoms with E-state index in [1.165, 1.54) is 18.2 Å². The van der Waals surface area contributed by atoms with Crippen molar-refractivity contribution in [2.75, 3.05) is 16.6 Å². The SMILES string of the molecule is Cc1nn(-c2ccccc2)c(I)c1CNc1cccc(S(=O)(=O)Nc2ccsc2C(=O)N[C@@H](CCCNC(N)N)C(=O)O)c1. The molecule has 2 aromatic heterocycles. The van der Waals surface area contributed by atoms with Gasteiger partial charge in [-0.15, -0.1) is 11.3 Å². The van der Waals surface area contributed by atoms with E-state index in [1.807, 2.05) is 41.9 Å². The number of hydrogen-bond acceptors (Lipinski definition) is 10. The van der Waals surface area contributed by atoms with Crippen molar-refractivity contribution in [2.24, 2.45) is 11.5 Å². The van der Waals surface area contributed by atoms with Crippen LogP contribution in [0.5, 0.6) is 0 Å². The van der Waals surface area contributed by atoms with Gasteiger partial charge in [-0.1, -0.05) is 24.3 Å². The highest BCUT2D eigenvalue weighted by molar-refractivity contribution is 14.1. The van der Waals surface area contributed by atoms with E-state index in [0.29, 0.717) is 25.2 Å². The number of nitrogens with one attached hydrogen (secondary N) is 4. The molecule has 1 amide bonds. The quantitative estimate of drug-likeness (QED) is 0.0537. The maximum absolute atomic E-state index is 13.3. The van der Waals surface area contributed by atoms with Gasteiger partial charge in [0.2, 0.25) is 0 Å². The van der Waals surface area contributed by atoms with Gasteiger partial charge in [0.05, 0.1) is 22.0 Å². The molecule has 0 aliphatic carbocycles. The minimum atomic E-state index is -4.09. The van der Waals surface area contributed by atoms with Gasteiger partial charge in [-0.05, 0) is 90.7 Å². The van der Waals surface area contributed by atoms with Crippen LogP contribution < -0.4 is 32.1 Å². The smallest absolute Gasteiger partial charge is 0.326 e. The minimum Gasteiger partial charge on any atom is -0.480 e. The average molecular weight is 753 g/mol. The zero-order chi connectivity index (χ0) is 31.9. The molecule has 9 N–H and O–H groups in total. The number of hydrogen-bond donors (Lipinski definition) is 7. The number of anilines is 2. The number of carboxylic acid groups (broad SMARTS) is 1. The second kappa shape index (κ2) is 15.0. The van der Waals surface area contributed by atoms with E-state index in [-0.39, 0.29) is 21.9 Å². The van der Waals surface area contributed by atoms with Crippen molar-refractivity contribution >= 4 is 67.2 Å². The molecule has 2 heterocycles. The summed E-state index contributed by atoms with van der Waals surface area (Å²) in [6.45, 7) is 2.71. The molecule has 4 aromatic rings. The van der Waals surface area contributed by atoms with Crippen LogP contribution in [-0.2, 0) is 21.4 Å². The fraction of sp³-hybridized carbons (Fsp3) is 0.250. The summed E-state index contributed by atoms with van der Waals surface area (Å²) in [5, 5.41) is 24.3. The van der Waals surface area contributed by atoms with Crippen molar-refractivity contribution in [2.45, 2.75) is 43.5 Å². The van der Waals surface area contributed by atoms with Crippen LogP contribution in [0.2, 0.25) is 0 Å². The zero-order valence-corrected chi connectivity index (χ0v) is 27.4. The highest BCUT2D eigenvalue weighted by Crippen LogP contribution is 2.27. The number of carboxylic acids is 1. The summed E-state index contributed by atoms with van der Waals surface area (Å²) in [6, 6.07) is 16.4. The lowest BCUT2D eigenvalue weighted by atomic mass is 10.1. The number of benzene rings is 2. The molecule has 234 valence electrons. The van der Waals surface area contributed by atoms with Gasteiger partial charge in [0.1, 0.15) is 20.9 Å². The van der Waals surface area contributed by atoms with E-state index in [9.17, 15) is 23.1 Å². The Morgan fingerprint density at radius 1 is 1.11 bits per heavy atom. The molecule has 0 spiro atoms. The second-order valence-electron chi connectivity index (χ2n) is 9.74. The normalized spacial score (nSPS) is 12.2. The summed E-state index contributed by atoms with van der Waals surface area (Å²) in [6.07, 6.45) is -0.215. The van der Waals surface area contributed by atoms with Gasteiger partial charge in [-0.2, -0.15) is 5.10 Å². The fourth-order valence-corrected chi connectivity index (χ4v) is 7.16. The van der Waals surface area contributed by atoms with Crippen molar-refractivity contribution in [1.29, 1.82) is 0 Å². The predicted molar refractivity (Wildman–Crippen MR) is 178 cm³/mol. The average Bonchev–Trinajstić information content (AvgIpc) is 3.56. The highest BCUT2D eigenvalue weighted by atomic mass is 127. The summed E-state index contributed by atoms with van der Waals surface area (Å²) in [5.41, 5.74) is 14.2. The van der Waals surface area contributed by atoms with Crippen LogP contribution in [0, 0.1) is 10.6 Å². The molecule has 4 rings (SSSR count). The van der Waals surface area contributed by atoms with Gasteiger partial charge < -0.3 is 27.2 Å². The monoisotopic (exact) mass is 752 g/mol. The molecule has 1 atom stereocenters. The first-order chi connectivity index (χ1) is 21.0. The van der Waals surface area contributed by atoms with E-state index in [1.54, 1.807) is 17.5 Å². The number of amides is 1. The molecular formula is C28H33IN8O5S2. The third-order valence-corrected chi connectivity index (χ3v) is 9.89. The number of aliphatic carboxylic acids is 1.